The van der Waals surface area contributed by atoms with Crippen molar-refractivity contribution in [2.45, 2.75) is 51.9 Å². The molecule has 1 heterocycles. The first kappa shape index (κ1) is 16.5. The van der Waals surface area contributed by atoms with Crippen molar-refractivity contribution in [3.63, 3.8) is 0 Å². The molecule has 0 aromatic heterocycles. The topological polar surface area (TPSA) is 66.8 Å². The van der Waals surface area contributed by atoms with Crippen LogP contribution in [0.3, 0.4) is 0 Å². The Labute approximate surface area is 130 Å². The molecule has 22 heavy (non-hydrogen) atoms. The highest BCUT2D eigenvalue weighted by Crippen LogP contribution is 2.35. The molecule has 5 heteroatoms. The van der Waals surface area contributed by atoms with Crippen LogP contribution in [0, 0.1) is 5.92 Å². The second-order valence-corrected chi connectivity index (χ2v) is 6.55. The van der Waals surface area contributed by atoms with E-state index in [0.717, 1.165) is 4.90 Å². The van der Waals surface area contributed by atoms with E-state index in [0.29, 0.717) is 5.56 Å². The quantitative estimate of drug-likeness (QED) is 0.929. The molecule has 1 saturated heterocycles. The van der Waals surface area contributed by atoms with E-state index in [4.69, 9.17) is 4.74 Å². The molecule has 120 valence electrons. The van der Waals surface area contributed by atoms with Gasteiger partial charge in [-0.2, -0.15) is 0 Å². The Morgan fingerprint density at radius 3 is 2.45 bits per heavy atom. The van der Waals surface area contributed by atoms with Crippen molar-refractivity contribution >= 4 is 12.0 Å². The van der Waals surface area contributed by atoms with Crippen LogP contribution in [-0.4, -0.2) is 33.6 Å². The number of amides is 2. The van der Waals surface area contributed by atoms with Gasteiger partial charge in [-0.05, 0) is 25.3 Å². The minimum atomic E-state index is -0.932. The summed E-state index contributed by atoms with van der Waals surface area (Å²) in [5.41, 5.74) is -0.0673. The van der Waals surface area contributed by atoms with Gasteiger partial charge in [0.05, 0.1) is 18.6 Å². The summed E-state index contributed by atoms with van der Waals surface area (Å²) >= 11 is 0. The molecule has 2 atom stereocenters. The molecular formula is C17H23NO4. The summed E-state index contributed by atoms with van der Waals surface area (Å²) in [4.78, 5) is 25.7. The van der Waals surface area contributed by atoms with Gasteiger partial charge >= 0.3 is 6.09 Å². The number of cyclic esters (lactones) is 1. The number of nitrogens with zero attached hydrogens (tertiary/aromatic N) is 1. The fourth-order valence-corrected chi connectivity index (χ4v) is 3.17. The van der Waals surface area contributed by atoms with Crippen LogP contribution in [0.2, 0.25) is 0 Å². The molecule has 0 spiro atoms. The molecule has 1 N–H and O–H groups in total. The van der Waals surface area contributed by atoms with Crippen LogP contribution in [-0.2, 0) is 9.53 Å². The number of aliphatic hydroxyl groups is 1. The van der Waals surface area contributed by atoms with Crippen LogP contribution < -0.4 is 0 Å². The number of hydrogen-bond donors (Lipinski definition) is 1. The fourth-order valence-electron chi connectivity index (χ4n) is 3.17. The monoisotopic (exact) mass is 305 g/mol. The van der Waals surface area contributed by atoms with Crippen LogP contribution in [0.4, 0.5) is 4.79 Å². The number of imide groups is 1. The summed E-state index contributed by atoms with van der Waals surface area (Å²) in [5, 5.41) is 10.2. The lowest BCUT2D eigenvalue weighted by Crippen LogP contribution is -2.48. The molecule has 1 aromatic rings. The Morgan fingerprint density at radius 1 is 1.32 bits per heavy atom. The Morgan fingerprint density at radius 2 is 1.91 bits per heavy atom. The molecule has 1 aromatic carbocycles. The molecule has 0 radical (unpaired) electrons. The van der Waals surface area contributed by atoms with E-state index >= 15 is 0 Å². The van der Waals surface area contributed by atoms with Gasteiger partial charge in [0.25, 0.3) is 0 Å². The zero-order valence-corrected chi connectivity index (χ0v) is 13.4. The average molecular weight is 305 g/mol. The first-order chi connectivity index (χ1) is 10.2. The molecule has 1 aliphatic rings. The first-order valence-electron chi connectivity index (χ1n) is 7.52. The average Bonchev–Trinajstić information content (AvgIpc) is 2.68. The SMILES string of the molecule is CC(C)[C@@H]1N(C(=O)C[C@@H](O)c2ccccc2)C(=O)OC1(C)C. The van der Waals surface area contributed by atoms with Crippen LogP contribution in [0.25, 0.3) is 0 Å². The highest BCUT2D eigenvalue weighted by atomic mass is 16.6. The van der Waals surface area contributed by atoms with Crippen LogP contribution in [0.15, 0.2) is 30.3 Å². The second kappa shape index (κ2) is 6.08. The molecule has 1 aliphatic heterocycles. The smallest absolute Gasteiger partial charge is 0.417 e. The number of carbonyl (C=O) groups is 2. The second-order valence-electron chi connectivity index (χ2n) is 6.55. The van der Waals surface area contributed by atoms with E-state index in [-0.39, 0.29) is 18.4 Å². The number of rotatable bonds is 4. The third-order valence-corrected chi connectivity index (χ3v) is 3.99. The van der Waals surface area contributed by atoms with Gasteiger partial charge < -0.3 is 9.84 Å². The van der Waals surface area contributed by atoms with Crippen molar-refractivity contribution in [3.05, 3.63) is 35.9 Å². The zero-order valence-electron chi connectivity index (χ0n) is 13.4. The van der Waals surface area contributed by atoms with Gasteiger partial charge in [-0.1, -0.05) is 44.2 Å². The number of benzene rings is 1. The van der Waals surface area contributed by atoms with E-state index in [1.54, 1.807) is 38.1 Å². The Bertz CT molecular complexity index is 553. The summed E-state index contributed by atoms with van der Waals surface area (Å²) in [6, 6.07) is 8.61. The number of hydrogen-bond acceptors (Lipinski definition) is 4. The maximum atomic E-state index is 12.5. The van der Waals surface area contributed by atoms with Gasteiger partial charge in [-0.15, -0.1) is 0 Å². The first-order valence-corrected chi connectivity index (χ1v) is 7.52. The van der Waals surface area contributed by atoms with Crippen LogP contribution >= 0.6 is 0 Å². The van der Waals surface area contributed by atoms with Gasteiger partial charge in [-0.3, -0.25) is 4.79 Å². The summed E-state index contributed by atoms with van der Waals surface area (Å²) in [6.45, 7) is 7.50. The van der Waals surface area contributed by atoms with Gasteiger partial charge in [0, 0.05) is 0 Å². The Kier molecular flexibility index (Phi) is 4.56. The van der Waals surface area contributed by atoms with Gasteiger partial charge in [0.15, 0.2) is 0 Å². The molecule has 2 rings (SSSR count). The molecule has 0 aliphatic carbocycles. The lowest BCUT2D eigenvalue weighted by atomic mass is 9.88. The maximum Gasteiger partial charge on any atom is 0.417 e. The van der Waals surface area contributed by atoms with Gasteiger partial charge in [0.2, 0.25) is 5.91 Å². The number of ether oxygens (including phenoxy) is 1. The molecule has 2 amide bonds. The predicted octanol–water partition coefficient (Wildman–Crippen LogP) is 2.89. The third-order valence-electron chi connectivity index (χ3n) is 3.99. The zero-order chi connectivity index (χ0) is 16.5. The van der Waals surface area contributed by atoms with E-state index in [1.807, 2.05) is 19.9 Å². The third kappa shape index (κ3) is 3.14. The van der Waals surface area contributed by atoms with Crippen molar-refractivity contribution in [1.82, 2.24) is 4.90 Å². The van der Waals surface area contributed by atoms with Crippen molar-refractivity contribution in [1.29, 1.82) is 0 Å². The van der Waals surface area contributed by atoms with E-state index < -0.39 is 23.7 Å². The summed E-state index contributed by atoms with van der Waals surface area (Å²) in [5.74, 6) is -0.343. The van der Waals surface area contributed by atoms with E-state index in [1.165, 1.54) is 0 Å². The van der Waals surface area contributed by atoms with Crippen LogP contribution in [0.1, 0.15) is 45.8 Å². The van der Waals surface area contributed by atoms with Gasteiger partial charge in [0.1, 0.15) is 5.60 Å². The fraction of sp³-hybridized carbons (Fsp3) is 0.529. The van der Waals surface area contributed by atoms with Crippen LogP contribution in [0.5, 0.6) is 0 Å². The van der Waals surface area contributed by atoms with Gasteiger partial charge in [-0.25, -0.2) is 9.69 Å². The van der Waals surface area contributed by atoms with E-state index in [2.05, 4.69) is 0 Å². The largest absolute Gasteiger partial charge is 0.441 e. The molecule has 0 saturated carbocycles. The standard InChI is InChI=1S/C17H23NO4/c1-11(2)15-17(3,4)22-16(21)18(15)14(20)10-13(19)12-8-6-5-7-9-12/h5-9,11,13,15,19H,10H2,1-4H3/t13-,15+/m1/s1. The predicted molar refractivity (Wildman–Crippen MR) is 82.1 cm³/mol. The highest BCUT2D eigenvalue weighted by Gasteiger charge is 2.51. The van der Waals surface area contributed by atoms with Crippen molar-refractivity contribution in [2.75, 3.05) is 0 Å². The summed E-state index contributed by atoms with van der Waals surface area (Å²) in [7, 11) is 0. The van der Waals surface area contributed by atoms with Crippen molar-refractivity contribution in [2.24, 2.45) is 5.92 Å². The molecule has 1 fully saturated rings. The van der Waals surface area contributed by atoms with Crippen molar-refractivity contribution in [3.8, 4) is 0 Å². The van der Waals surface area contributed by atoms with Crippen molar-refractivity contribution < 1.29 is 19.4 Å². The minimum absolute atomic E-state index is 0.0688. The summed E-state index contributed by atoms with van der Waals surface area (Å²) in [6.07, 6.45) is -1.70. The Balaban J connectivity index is 2.16. The summed E-state index contributed by atoms with van der Waals surface area (Å²) < 4.78 is 5.33. The normalized spacial score (nSPS) is 21.8. The Hall–Kier alpha value is -1.88. The maximum absolute atomic E-state index is 12.5. The molecular weight excluding hydrogens is 282 g/mol. The number of aliphatic hydroxyl groups excluding tert-OH is 1. The lowest BCUT2D eigenvalue weighted by Gasteiger charge is -2.31. The minimum Gasteiger partial charge on any atom is -0.441 e. The van der Waals surface area contributed by atoms with E-state index in [9.17, 15) is 14.7 Å². The molecule has 0 bridgehead atoms. The lowest BCUT2D eigenvalue weighted by molar-refractivity contribution is -0.132. The number of carbonyl (C=O) groups excluding carboxylic acids is 2. The molecule has 5 nitrogen and oxygen atoms in total. The molecule has 0 unspecified atom stereocenters. The highest BCUT2D eigenvalue weighted by molar-refractivity contribution is 5.94.